The first-order valence-corrected chi connectivity index (χ1v) is 7.00. The molecule has 6 nitrogen and oxygen atoms in total. The Morgan fingerprint density at radius 2 is 2.00 bits per heavy atom. The summed E-state index contributed by atoms with van der Waals surface area (Å²) in [5.74, 6) is -1.03. The molecule has 0 spiro atoms. The number of hydrogen-bond donors (Lipinski definition) is 2. The molecule has 1 heterocycles. The van der Waals surface area contributed by atoms with E-state index in [9.17, 15) is 19.5 Å². The topological polar surface area (TPSA) is 86.7 Å². The van der Waals surface area contributed by atoms with Gasteiger partial charge in [0.05, 0.1) is 5.41 Å². The van der Waals surface area contributed by atoms with Crippen LogP contribution in [0, 0.1) is 11.3 Å². The van der Waals surface area contributed by atoms with E-state index in [0.29, 0.717) is 19.6 Å². The highest BCUT2D eigenvalue weighted by Gasteiger charge is 2.39. The molecule has 1 rings (SSSR count). The summed E-state index contributed by atoms with van der Waals surface area (Å²) in [6.07, 6.45) is 1.92. The third-order valence-electron chi connectivity index (χ3n) is 4.06. The van der Waals surface area contributed by atoms with Gasteiger partial charge in [0, 0.05) is 33.0 Å². The Bertz CT molecular complexity index is 393. The van der Waals surface area contributed by atoms with Crippen LogP contribution in [-0.4, -0.2) is 47.4 Å². The molecule has 114 valence electrons. The van der Waals surface area contributed by atoms with Crippen LogP contribution in [0.3, 0.4) is 0 Å². The molecule has 1 unspecified atom stereocenters. The molecule has 0 aromatic heterocycles. The molecule has 2 N–H and O–H groups in total. The maximum atomic E-state index is 12.0. The van der Waals surface area contributed by atoms with Gasteiger partial charge in [0.15, 0.2) is 0 Å². The standard InChI is InChI=1S/C14H24N2O4/c1-10(17)15-7-6-12(18)16-8-4-5-11(9-16)14(2,3)13(19)20/h11H,4-9H2,1-3H3,(H,15,17)(H,19,20). The molecule has 6 heteroatoms. The van der Waals surface area contributed by atoms with Crippen LogP contribution in [0.25, 0.3) is 0 Å². The number of carbonyl (C=O) groups excluding carboxylic acids is 2. The molecule has 0 saturated carbocycles. The van der Waals surface area contributed by atoms with E-state index in [1.807, 2.05) is 0 Å². The summed E-state index contributed by atoms with van der Waals surface area (Å²) in [5, 5.41) is 11.9. The number of amides is 2. The van der Waals surface area contributed by atoms with E-state index < -0.39 is 11.4 Å². The third kappa shape index (κ3) is 4.21. The highest BCUT2D eigenvalue weighted by atomic mass is 16.4. The van der Waals surface area contributed by atoms with Crippen molar-refractivity contribution in [3.63, 3.8) is 0 Å². The summed E-state index contributed by atoms with van der Waals surface area (Å²) in [4.78, 5) is 35.8. The average Bonchev–Trinajstić information content (AvgIpc) is 2.38. The van der Waals surface area contributed by atoms with Gasteiger partial charge in [-0.1, -0.05) is 0 Å². The first kappa shape index (κ1) is 16.5. The molecule has 0 bridgehead atoms. The zero-order valence-electron chi connectivity index (χ0n) is 12.4. The third-order valence-corrected chi connectivity index (χ3v) is 4.06. The van der Waals surface area contributed by atoms with Gasteiger partial charge in [0.2, 0.25) is 11.8 Å². The quantitative estimate of drug-likeness (QED) is 0.784. The molecular formula is C14H24N2O4. The van der Waals surface area contributed by atoms with Gasteiger partial charge in [-0.05, 0) is 32.6 Å². The summed E-state index contributed by atoms with van der Waals surface area (Å²) in [5.41, 5.74) is -0.823. The highest BCUT2D eigenvalue weighted by Crippen LogP contribution is 2.34. The molecule has 1 aliphatic heterocycles. The molecule has 1 fully saturated rings. The number of nitrogens with one attached hydrogen (secondary N) is 1. The van der Waals surface area contributed by atoms with Crippen LogP contribution >= 0.6 is 0 Å². The van der Waals surface area contributed by atoms with E-state index in [2.05, 4.69) is 5.32 Å². The van der Waals surface area contributed by atoms with Crippen molar-refractivity contribution in [3.05, 3.63) is 0 Å². The van der Waals surface area contributed by atoms with Gasteiger partial charge < -0.3 is 15.3 Å². The fraction of sp³-hybridized carbons (Fsp3) is 0.786. The van der Waals surface area contributed by atoms with Crippen LogP contribution in [0.1, 0.15) is 40.0 Å². The second-order valence-corrected chi connectivity index (χ2v) is 5.94. The fourth-order valence-corrected chi connectivity index (χ4v) is 2.47. The Morgan fingerprint density at radius 1 is 1.35 bits per heavy atom. The van der Waals surface area contributed by atoms with Crippen molar-refractivity contribution in [1.29, 1.82) is 0 Å². The summed E-state index contributed by atoms with van der Waals surface area (Å²) in [7, 11) is 0. The molecule has 0 aliphatic carbocycles. The molecule has 0 aromatic rings. The van der Waals surface area contributed by atoms with Gasteiger partial charge in [-0.3, -0.25) is 14.4 Å². The monoisotopic (exact) mass is 284 g/mol. The van der Waals surface area contributed by atoms with E-state index in [1.165, 1.54) is 6.92 Å². The van der Waals surface area contributed by atoms with E-state index >= 15 is 0 Å². The Hall–Kier alpha value is -1.59. The first-order chi connectivity index (χ1) is 9.25. The number of rotatable bonds is 5. The van der Waals surface area contributed by atoms with Crippen molar-refractivity contribution in [2.45, 2.75) is 40.0 Å². The number of nitrogens with zero attached hydrogens (tertiary/aromatic N) is 1. The van der Waals surface area contributed by atoms with Crippen LogP contribution in [-0.2, 0) is 14.4 Å². The van der Waals surface area contributed by atoms with Crippen molar-refractivity contribution in [1.82, 2.24) is 10.2 Å². The predicted octanol–water partition coefficient (Wildman–Crippen LogP) is 0.862. The Morgan fingerprint density at radius 3 is 2.55 bits per heavy atom. The molecule has 1 atom stereocenters. The molecule has 20 heavy (non-hydrogen) atoms. The minimum absolute atomic E-state index is 0.0235. The Balaban J connectivity index is 2.54. The van der Waals surface area contributed by atoms with E-state index in [0.717, 1.165) is 12.8 Å². The number of piperidine rings is 1. The van der Waals surface area contributed by atoms with Gasteiger partial charge in [0.1, 0.15) is 0 Å². The second kappa shape index (κ2) is 6.72. The number of aliphatic carboxylic acids is 1. The maximum absolute atomic E-state index is 12.0. The SMILES string of the molecule is CC(=O)NCCC(=O)N1CCCC(C(C)(C)C(=O)O)C1. The van der Waals surface area contributed by atoms with E-state index in [-0.39, 0.29) is 24.2 Å². The van der Waals surface area contributed by atoms with Gasteiger partial charge in [-0.2, -0.15) is 0 Å². The lowest BCUT2D eigenvalue weighted by molar-refractivity contribution is -0.153. The lowest BCUT2D eigenvalue weighted by Crippen LogP contribution is -2.47. The molecular weight excluding hydrogens is 260 g/mol. The van der Waals surface area contributed by atoms with E-state index in [1.54, 1.807) is 18.7 Å². The Kier molecular flexibility index (Phi) is 5.53. The van der Waals surface area contributed by atoms with Gasteiger partial charge in [0.25, 0.3) is 0 Å². The Labute approximate surface area is 119 Å². The van der Waals surface area contributed by atoms with Gasteiger partial charge in [-0.25, -0.2) is 0 Å². The van der Waals surface area contributed by atoms with Crippen LogP contribution in [0.4, 0.5) is 0 Å². The fourth-order valence-electron chi connectivity index (χ4n) is 2.47. The van der Waals surface area contributed by atoms with Crippen molar-refractivity contribution < 1.29 is 19.5 Å². The molecule has 2 amide bonds. The van der Waals surface area contributed by atoms with Crippen LogP contribution in [0.2, 0.25) is 0 Å². The number of carbonyl (C=O) groups is 3. The van der Waals surface area contributed by atoms with Crippen LogP contribution in [0.5, 0.6) is 0 Å². The number of likely N-dealkylation sites (tertiary alicyclic amines) is 1. The van der Waals surface area contributed by atoms with Crippen molar-refractivity contribution in [2.24, 2.45) is 11.3 Å². The van der Waals surface area contributed by atoms with E-state index in [4.69, 9.17) is 0 Å². The normalized spacial score (nSPS) is 19.6. The maximum Gasteiger partial charge on any atom is 0.309 e. The zero-order valence-corrected chi connectivity index (χ0v) is 12.4. The number of carboxylic acids is 1. The minimum atomic E-state index is -0.824. The van der Waals surface area contributed by atoms with Gasteiger partial charge >= 0.3 is 5.97 Å². The molecule has 0 aromatic carbocycles. The lowest BCUT2D eigenvalue weighted by atomic mass is 9.74. The molecule has 1 saturated heterocycles. The van der Waals surface area contributed by atoms with Crippen LogP contribution in [0.15, 0.2) is 0 Å². The average molecular weight is 284 g/mol. The van der Waals surface area contributed by atoms with Crippen molar-refractivity contribution in [3.8, 4) is 0 Å². The second-order valence-electron chi connectivity index (χ2n) is 5.94. The predicted molar refractivity (Wildman–Crippen MR) is 74.0 cm³/mol. The van der Waals surface area contributed by atoms with Gasteiger partial charge in [-0.15, -0.1) is 0 Å². The number of hydrogen-bond acceptors (Lipinski definition) is 3. The summed E-state index contributed by atoms with van der Waals surface area (Å²) >= 11 is 0. The lowest BCUT2D eigenvalue weighted by Gasteiger charge is -2.39. The number of carboxylic acid groups (broad SMARTS) is 1. The zero-order chi connectivity index (χ0) is 15.3. The summed E-state index contributed by atoms with van der Waals surface area (Å²) < 4.78 is 0. The highest BCUT2D eigenvalue weighted by molar-refractivity contribution is 5.78. The smallest absolute Gasteiger partial charge is 0.309 e. The van der Waals surface area contributed by atoms with Crippen LogP contribution < -0.4 is 5.32 Å². The van der Waals surface area contributed by atoms with Crippen molar-refractivity contribution >= 4 is 17.8 Å². The summed E-state index contributed by atoms with van der Waals surface area (Å²) in [6, 6.07) is 0. The van der Waals surface area contributed by atoms with Crippen molar-refractivity contribution in [2.75, 3.05) is 19.6 Å². The molecule has 0 radical (unpaired) electrons. The largest absolute Gasteiger partial charge is 0.481 e. The summed E-state index contributed by atoms with van der Waals surface area (Å²) in [6.45, 7) is 6.33. The minimum Gasteiger partial charge on any atom is -0.481 e. The molecule has 1 aliphatic rings. The first-order valence-electron chi connectivity index (χ1n) is 7.00.